The largest absolute Gasteiger partial charge is 2.00 e. The average Bonchev–Trinajstić information content (AvgIpc) is 1.14. The molecule has 0 N–H and O–H groups in total. The predicted molar refractivity (Wildman–Crippen MR) is 16.3 cm³/mol. The van der Waals surface area contributed by atoms with Gasteiger partial charge in [-0.3, -0.25) is 0 Å². The van der Waals surface area contributed by atoms with Crippen LogP contribution in [0.1, 0.15) is 0 Å². The number of phosphoric acid groups is 2. The van der Waals surface area contributed by atoms with E-state index in [9.17, 15) is 28.7 Å². The summed E-state index contributed by atoms with van der Waals surface area (Å²) in [6.07, 6.45) is 0. The van der Waals surface area contributed by atoms with E-state index in [1.54, 1.807) is 0 Å². The van der Waals surface area contributed by atoms with Crippen LogP contribution in [-0.4, -0.2) is 0 Å². The molecule has 11 heavy (non-hydrogen) atoms. The minimum atomic E-state index is -5.68. The van der Waals surface area contributed by atoms with E-state index in [4.69, 9.17) is 0 Å². The Balaban J connectivity index is -0.000000320. The van der Waals surface area contributed by atoms with Crippen LogP contribution in [0.2, 0.25) is 0 Å². The van der Waals surface area contributed by atoms with Gasteiger partial charge in [-0.25, -0.2) is 0 Å². The Labute approximate surface area is 83.5 Å². The normalized spacial score (nSPS) is 11.3. The van der Waals surface area contributed by atoms with Gasteiger partial charge in [-0.2, -0.15) is 0 Å². The summed E-state index contributed by atoms with van der Waals surface area (Å²) < 4.78 is 21.2. The van der Waals surface area contributed by atoms with Crippen molar-refractivity contribution in [1.82, 2.24) is 0 Å². The molecule has 0 heterocycles. The minimum absolute atomic E-state index is 0. The molecule has 0 amide bonds. The van der Waals surface area contributed by atoms with Gasteiger partial charge >= 0.3 is 34.7 Å². The molecule has 0 bridgehead atoms. The zero-order chi connectivity index (χ0) is 7.71. The summed E-state index contributed by atoms with van der Waals surface area (Å²) >= 11 is 0. The van der Waals surface area contributed by atoms with Gasteiger partial charge in [0.25, 0.3) is 0 Å². The molecular formula is Cr2O7P2. The zero-order valence-corrected chi connectivity index (χ0v) is 8.91. The van der Waals surface area contributed by atoms with Gasteiger partial charge in [-0.1, -0.05) is 0 Å². The van der Waals surface area contributed by atoms with E-state index in [-0.39, 0.29) is 34.7 Å². The zero-order valence-electron chi connectivity index (χ0n) is 4.57. The molecule has 0 fully saturated rings. The van der Waals surface area contributed by atoms with Gasteiger partial charge in [0.05, 0.1) is 15.6 Å². The fourth-order valence-corrected chi connectivity index (χ4v) is 1.10. The molecule has 0 aliphatic carbocycles. The van der Waals surface area contributed by atoms with E-state index in [0.29, 0.717) is 0 Å². The molecule has 0 aliphatic rings. The van der Waals surface area contributed by atoms with Gasteiger partial charge in [0.15, 0.2) is 0 Å². The van der Waals surface area contributed by atoms with Crippen molar-refractivity contribution in [1.29, 1.82) is 0 Å². The second kappa shape index (κ2) is 5.88. The van der Waals surface area contributed by atoms with Gasteiger partial charge in [-0.15, -0.1) is 0 Å². The van der Waals surface area contributed by atoms with Crippen LogP contribution >= 0.6 is 15.6 Å². The molecule has 0 atom stereocenters. The van der Waals surface area contributed by atoms with Gasteiger partial charge < -0.3 is 33.0 Å². The van der Waals surface area contributed by atoms with E-state index in [0.717, 1.165) is 0 Å². The van der Waals surface area contributed by atoms with Crippen LogP contribution in [0.25, 0.3) is 0 Å². The predicted octanol–water partition coefficient (Wildman–Crippen LogP) is -3.34. The molecule has 0 aromatic carbocycles. The van der Waals surface area contributed by atoms with E-state index in [1.165, 1.54) is 0 Å². The van der Waals surface area contributed by atoms with Crippen LogP contribution in [0.4, 0.5) is 0 Å². The Morgan fingerprint density at radius 2 is 1.00 bits per heavy atom. The summed E-state index contributed by atoms with van der Waals surface area (Å²) in [5.41, 5.74) is 0. The second-order valence-corrected chi connectivity index (χ2v) is 3.42. The molecule has 0 rings (SSSR count). The SMILES string of the molecule is O=P([O-])([O-])OP(=O)([O-])[O-].[Cr+2].[Cr+2]. The molecule has 64 valence electrons. The Bertz CT molecular complexity index is 155. The van der Waals surface area contributed by atoms with Crippen molar-refractivity contribution in [3.8, 4) is 0 Å². The monoisotopic (exact) mass is 278 g/mol. The summed E-state index contributed by atoms with van der Waals surface area (Å²) in [6, 6.07) is 0. The van der Waals surface area contributed by atoms with Gasteiger partial charge in [0, 0.05) is 0 Å². The van der Waals surface area contributed by atoms with E-state index in [1.807, 2.05) is 0 Å². The Hall–Kier alpha value is 1.32. The third kappa shape index (κ3) is 18.4. The fourth-order valence-electron chi connectivity index (χ4n) is 0.122. The average molecular weight is 278 g/mol. The molecule has 11 heteroatoms. The van der Waals surface area contributed by atoms with Crippen LogP contribution in [0, 0.1) is 0 Å². The molecule has 0 aromatic heterocycles. The van der Waals surface area contributed by atoms with Crippen LogP contribution in [0.5, 0.6) is 0 Å². The van der Waals surface area contributed by atoms with E-state index in [2.05, 4.69) is 4.31 Å². The summed E-state index contributed by atoms with van der Waals surface area (Å²) in [6.45, 7) is 0. The quantitative estimate of drug-likeness (QED) is 0.481. The maximum Gasteiger partial charge on any atom is 2.00 e. The van der Waals surface area contributed by atoms with Crippen LogP contribution in [0.15, 0.2) is 0 Å². The standard InChI is InChI=1S/2Cr.H4O7P2/c;;1-8(2,3)7-9(4,5)6/h;;(H2,1,2,3)(H2,4,5,6)/q2*+2;/p-4. The topological polar surface area (TPSA) is 136 Å². The van der Waals surface area contributed by atoms with Crippen LogP contribution in [-0.2, 0) is 48.2 Å². The third-order valence-electron chi connectivity index (χ3n) is 0.200. The van der Waals surface area contributed by atoms with Crippen LogP contribution in [0.3, 0.4) is 0 Å². The minimum Gasteiger partial charge on any atom is -0.790 e. The number of rotatable bonds is 2. The van der Waals surface area contributed by atoms with Crippen LogP contribution < -0.4 is 19.6 Å². The summed E-state index contributed by atoms with van der Waals surface area (Å²) in [7, 11) is -11.4. The first-order chi connectivity index (χ1) is 3.71. The molecule has 0 aliphatic heterocycles. The second-order valence-electron chi connectivity index (χ2n) is 0.976. The smallest absolute Gasteiger partial charge is 0.790 e. The van der Waals surface area contributed by atoms with E-state index < -0.39 is 15.6 Å². The summed E-state index contributed by atoms with van der Waals surface area (Å²) in [4.78, 5) is 37.3. The Kier molecular flexibility index (Phi) is 9.72. The van der Waals surface area contributed by atoms with E-state index >= 15 is 0 Å². The fraction of sp³-hybridized carbons (Fsp3) is 0. The van der Waals surface area contributed by atoms with Crippen molar-refractivity contribution in [2.75, 3.05) is 0 Å². The summed E-state index contributed by atoms with van der Waals surface area (Å²) in [5.74, 6) is 0. The number of hydrogen-bond donors (Lipinski definition) is 0. The molecular weight excluding hydrogens is 278 g/mol. The molecule has 7 nitrogen and oxygen atoms in total. The maximum absolute atomic E-state index is 9.32. The molecule has 0 unspecified atom stereocenters. The first-order valence-electron chi connectivity index (χ1n) is 1.46. The van der Waals surface area contributed by atoms with Gasteiger partial charge in [-0.05, 0) is 0 Å². The van der Waals surface area contributed by atoms with Gasteiger partial charge in [0.2, 0.25) is 0 Å². The molecule has 0 spiro atoms. The molecule has 0 aromatic rings. The maximum atomic E-state index is 9.32. The van der Waals surface area contributed by atoms with Crippen molar-refractivity contribution in [2.45, 2.75) is 0 Å². The van der Waals surface area contributed by atoms with Crippen molar-refractivity contribution in [3.63, 3.8) is 0 Å². The van der Waals surface area contributed by atoms with Crippen molar-refractivity contribution in [3.05, 3.63) is 0 Å². The molecule has 0 radical (unpaired) electrons. The molecule has 0 saturated heterocycles. The van der Waals surface area contributed by atoms with Gasteiger partial charge in [0.1, 0.15) is 0 Å². The van der Waals surface area contributed by atoms with Crippen molar-refractivity contribution >= 4 is 15.6 Å². The summed E-state index contributed by atoms with van der Waals surface area (Å²) in [5, 5.41) is 0. The Morgan fingerprint density at radius 1 is 0.818 bits per heavy atom. The number of hydrogen-bond acceptors (Lipinski definition) is 7. The molecule has 0 saturated carbocycles. The van der Waals surface area contributed by atoms with Crippen molar-refractivity contribution < 1.29 is 67.7 Å². The first-order valence-corrected chi connectivity index (χ1v) is 4.38. The first kappa shape index (κ1) is 18.2. The Morgan fingerprint density at radius 3 is 1.00 bits per heavy atom. The third-order valence-corrected chi connectivity index (χ3v) is 1.80. The van der Waals surface area contributed by atoms with Crippen molar-refractivity contribution in [2.24, 2.45) is 0 Å².